The molecule has 1 aromatic rings. The summed E-state index contributed by atoms with van der Waals surface area (Å²) in [5.74, 6) is -0.372. The highest BCUT2D eigenvalue weighted by molar-refractivity contribution is 6.33. The summed E-state index contributed by atoms with van der Waals surface area (Å²) in [6, 6.07) is 4.26. The van der Waals surface area contributed by atoms with Crippen LogP contribution in [0, 0.1) is 11.7 Å². The smallest absolute Gasteiger partial charge is 0.255 e. The second-order valence-electron chi connectivity index (χ2n) is 5.30. The van der Waals surface area contributed by atoms with E-state index in [0.717, 1.165) is 19.3 Å². The molecular formula is C15H21ClFNO. The van der Waals surface area contributed by atoms with Gasteiger partial charge in [0, 0.05) is 6.04 Å². The predicted octanol–water partition coefficient (Wildman–Crippen LogP) is 4.42. The molecule has 1 amide bonds. The fraction of sp³-hybridized carbons (Fsp3) is 0.533. The van der Waals surface area contributed by atoms with Gasteiger partial charge in [-0.15, -0.1) is 0 Å². The monoisotopic (exact) mass is 285 g/mol. The quantitative estimate of drug-likeness (QED) is 0.823. The molecule has 0 saturated heterocycles. The van der Waals surface area contributed by atoms with Crippen molar-refractivity contribution < 1.29 is 9.18 Å². The second-order valence-corrected chi connectivity index (χ2v) is 5.70. The summed E-state index contributed by atoms with van der Waals surface area (Å²) < 4.78 is 13.6. The van der Waals surface area contributed by atoms with Crippen LogP contribution in [0.4, 0.5) is 4.39 Å². The molecule has 2 nitrogen and oxygen atoms in total. The summed E-state index contributed by atoms with van der Waals surface area (Å²) in [6.07, 6.45) is 3.06. The minimum absolute atomic E-state index is 0.0157. The van der Waals surface area contributed by atoms with E-state index in [1.807, 2.05) is 6.92 Å². The molecule has 0 radical (unpaired) electrons. The van der Waals surface area contributed by atoms with Crippen LogP contribution in [-0.4, -0.2) is 11.9 Å². The van der Waals surface area contributed by atoms with E-state index in [1.165, 1.54) is 18.2 Å². The average Bonchev–Trinajstić information content (AvgIpc) is 2.27. The van der Waals surface area contributed by atoms with Crippen molar-refractivity contribution in [1.29, 1.82) is 0 Å². The lowest BCUT2D eigenvalue weighted by atomic mass is 10.0. The molecular weight excluding hydrogens is 265 g/mol. The standard InChI is InChI=1S/C15H21ClFNO/c1-10(2)6-4-7-11(3)18-15(19)14-12(16)8-5-9-13(14)17/h5,8-11H,4,6-7H2,1-3H3,(H,18,19). The Kier molecular flexibility index (Phi) is 6.29. The summed E-state index contributed by atoms with van der Waals surface area (Å²) in [7, 11) is 0. The van der Waals surface area contributed by atoms with Gasteiger partial charge in [-0.3, -0.25) is 4.79 Å². The number of hydrogen-bond acceptors (Lipinski definition) is 1. The van der Waals surface area contributed by atoms with Gasteiger partial charge >= 0.3 is 0 Å². The van der Waals surface area contributed by atoms with Gasteiger partial charge < -0.3 is 5.32 Å². The molecule has 4 heteroatoms. The number of carbonyl (C=O) groups excluding carboxylic acids is 1. The molecule has 0 fully saturated rings. The SMILES string of the molecule is CC(C)CCCC(C)NC(=O)c1c(F)cccc1Cl. The lowest BCUT2D eigenvalue weighted by Gasteiger charge is -2.15. The van der Waals surface area contributed by atoms with E-state index in [-0.39, 0.29) is 16.6 Å². The Labute approximate surface area is 119 Å². The first kappa shape index (κ1) is 16.0. The number of halogens is 2. The number of nitrogens with one attached hydrogen (secondary N) is 1. The van der Waals surface area contributed by atoms with Crippen LogP contribution in [0.5, 0.6) is 0 Å². The van der Waals surface area contributed by atoms with Crippen molar-refractivity contribution in [1.82, 2.24) is 5.32 Å². The molecule has 0 saturated carbocycles. The van der Waals surface area contributed by atoms with Gasteiger partial charge in [-0.05, 0) is 31.4 Å². The van der Waals surface area contributed by atoms with Crippen molar-refractivity contribution in [3.63, 3.8) is 0 Å². The zero-order chi connectivity index (χ0) is 14.4. The largest absolute Gasteiger partial charge is 0.349 e. The molecule has 0 heterocycles. The van der Waals surface area contributed by atoms with Gasteiger partial charge in [0.1, 0.15) is 5.82 Å². The third-order valence-electron chi connectivity index (χ3n) is 2.99. The van der Waals surface area contributed by atoms with Crippen molar-refractivity contribution in [3.8, 4) is 0 Å². The normalized spacial score (nSPS) is 12.5. The highest BCUT2D eigenvalue weighted by Crippen LogP contribution is 2.19. The highest BCUT2D eigenvalue weighted by Gasteiger charge is 2.17. The zero-order valence-corrected chi connectivity index (χ0v) is 12.4. The summed E-state index contributed by atoms with van der Waals surface area (Å²) in [5.41, 5.74) is -0.0696. The Bertz CT molecular complexity index is 414. The number of amides is 1. The maximum Gasteiger partial charge on any atom is 0.255 e. The van der Waals surface area contributed by atoms with Crippen LogP contribution in [0.15, 0.2) is 18.2 Å². The Morgan fingerprint density at radius 3 is 2.58 bits per heavy atom. The van der Waals surface area contributed by atoms with Gasteiger partial charge in [0.05, 0.1) is 10.6 Å². The minimum atomic E-state index is -0.584. The van der Waals surface area contributed by atoms with Crippen molar-refractivity contribution in [2.75, 3.05) is 0 Å². The number of hydrogen-bond donors (Lipinski definition) is 1. The van der Waals surface area contributed by atoms with Crippen LogP contribution in [0.25, 0.3) is 0 Å². The second kappa shape index (κ2) is 7.49. The molecule has 1 atom stereocenters. The molecule has 19 heavy (non-hydrogen) atoms. The van der Waals surface area contributed by atoms with Gasteiger partial charge in [0.15, 0.2) is 0 Å². The number of rotatable bonds is 6. The highest BCUT2D eigenvalue weighted by atomic mass is 35.5. The van der Waals surface area contributed by atoms with E-state index in [2.05, 4.69) is 19.2 Å². The molecule has 0 aromatic heterocycles. The van der Waals surface area contributed by atoms with Crippen LogP contribution >= 0.6 is 11.6 Å². The third-order valence-corrected chi connectivity index (χ3v) is 3.30. The molecule has 0 aliphatic carbocycles. The van der Waals surface area contributed by atoms with Crippen molar-refractivity contribution in [3.05, 3.63) is 34.6 Å². The van der Waals surface area contributed by atoms with Gasteiger partial charge in [-0.25, -0.2) is 4.39 Å². The summed E-state index contributed by atoms with van der Waals surface area (Å²) >= 11 is 5.85. The first-order valence-electron chi connectivity index (χ1n) is 6.66. The van der Waals surface area contributed by atoms with E-state index < -0.39 is 11.7 Å². The maximum atomic E-state index is 13.6. The average molecular weight is 286 g/mol. The maximum absolute atomic E-state index is 13.6. The van der Waals surface area contributed by atoms with Gasteiger partial charge in [-0.1, -0.05) is 44.4 Å². The zero-order valence-electron chi connectivity index (χ0n) is 11.7. The molecule has 0 spiro atoms. The number of carbonyl (C=O) groups is 1. The first-order chi connectivity index (χ1) is 8.91. The molecule has 1 N–H and O–H groups in total. The fourth-order valence-electron chi connectivity index (χ4n) is 1.92. The topological polar surface area (TPSA) is 29.1 Å². The molecule has 1 aromatic carbocycles. The van der Waals surface area contributed by atoms with E-state index in [0.29, 0.717) is 5.92 Å². The van der Waals surface area contributed by atoms with Gasteiger partial charge in [0.2, 0.25) is 0 Å². The van der Waals surface area contributed by atoms with E-state index >= 15 is 0 Å². The Hall–Kier alpha value is -1.09. The van der Waals surface area contributed by atoms with Gasteiger partial charge in [-0.2, -0.15) is 0 Å². The van der Waals surface area contributed by atoms with E-state index in [4.69, 9.17) is 11.6 Å². The molecule has 0 aliphatic heterocycles. The number of benzene rings is 1. The molecule has 1 rings (SSSR count). The van der Waals surface area contributed by atoms with Crippen LogP contribution in [-0.2, 0) is 0 Å². The van der Waals surface area contributed by atoms with Crippen LogP contribution in [0.2, 0.25) is 5.02 Å². The van der Waals surface area contributed by atoms with Crippen LogP contribution in [0.3, 0.4) is 0 Å². The summed E-state index contributed by atoms with van der Waals surface area (Å²) in [6.45, 7) is 6.26. The first-order valence-corrected chi connectivity index (χ1v) is 7.04. The molecule has 0 aliphatic rings. The van der Waals surface area contributed by atoms with Crippen molar-refractivity contribution in [2.45, 2.75) is 46.1 Å². The van der Waals surface area contributed by atoms with Crippen molar-refractivity contribution in [2.24, 2.45) is 5.92 Å². The summed E-state index contributed by atoms with van der Waals surface area (Å²) in [5, 5.41) is 2.93. The molecule has 106 valence electrons. The Morgan fingerprint density at radius 1 is 1.32 bits per heavy atom. The summed E-state index contributed by atoms with van der Waals surface area (Å²) in [4.78, 5) is 12.0. The van der Waals surface area contributed by atoms with Gasteiger partial charge in [0.25, 0.3) is 5.91 Å². The Balaban J connectivity index is 2.55. The van der Waals surface area contributed by atoms with E-state index in [9.17, 15) is 9.18 Å². The lowest BCUT2D eigenvalue weighted by molar-refractivity contribution is 0.0934. The van der Waals surface area contributed by atoms with Crippen molar-refractivity contribution >= 4 is 17.5 Å². The van der Waals surface area contributed by atoms with E-state index in [1.54, 1.807) is 0 Å². The van der Waals surface area contributed by atoms with Crippen LogP contribution in [0.1, 0.15) is 50.4 Å². The third kappa shape index (κ3) is 5.19. The van der Waals surface area contributed by atoms with Crippen LogP contribution < -0.4 is 5.32 Å². The predicted molar refractivity (Wildman–Crippen MR) is 77.0 cm³/mol. The molecule has 1 unspecified atom stereocenters. The lowest BCUT2D eigenvalue weighted by Crippen LogP contribution is -2.33. The fourth-order valence-corrected chi connectivity index (χ4v) is 2.16. The minimum Gasteiger partial charge on any atom is -0.349 e. The molecule has 0 bridgehead atoms. The Morgan fingerprint density at radius 2 is 2.00 bits per heavy atom.